The molecule has 0 saturated carbocycles. The zero-order valence-electron chi connectivity index (χ0n) is 6.97. The van der Waals surface area contributed by atoms with Crippen LogP contribution in [0.1, 0.15) is 0 Å². The Labute approximate surface area is 87.7 Å². The van der Waals surface area contributed by atoms with Gasteiger partial charge in [0.15, 0.2) is 12.4 Å². The Morgan fingerprint density at radius 2 is 1.77 bits per heavy atom. The summed E-state index contributed by atoms with van der Waals surface area (Å²) in [7, 11) is 0. The molecule has 0 unspecified atom stereocenters. The lowest BCUT2D eigenvalue weighted by Gasteiger charge is -1.91. The second kappa shape index (κ2) is 4.72. The highest BCUT2D eigenvalue weighted by molar-refractivity contribution is 5.15. The molecule has 0 radical (unpaired) electrons. The van der Waals surface area contributed by atoms with Gasteiger partial charge in [0.1, 0.15) is 0 Å². The van der Waals surface area contributed by atoms with E-state index < -0.39 is 0 Å². The Morgan fingerprint density at radius 1 is 1.00 bits per heavy atom. The van der Waals surface area contributed by atoms with Crippen LogP contribution in [-0.2, 0) is 0 Å². The fourth-order valence-corrected chi connectivity index (χ4v) is 1.08. The minimum Gasteiger partial charge on any atom is -1.00 e. The number of aromatic nitrogens is 2. The molecular weight excluding hydrogens is 228 g/mol. The number of hydrogen-bond donors (Lipinski definition) is 0. The monoisotopic (exact) mass is 236 g/mol. The molecule has 0 aliphatic rings. The lowest BCUT2D eigenvalue weighted by atomic mass is 10.4. The van der Waals surface area contributed by atoms with Gasteiger partial charge in [-0.3, -0.25) is 4.98 Å². The van der Waals surface area contributed by atoms with Crippen molar-refractivity contribution < 1.29 is 21.5 Å². The summed E-state index contributed by atoms with van der Waals surface area (Å²) in [5.74, 6) is 0. The molecule has 0 spiro atoms. The summed E-state index contributed by atoms with van der Waals surface area (Å²) in [4.78, 5) is 4.04. The van der Waals surface area contributed by atoms with E-state index in [-0.39, 0.29) is 17.0 Å². The largest absolute Gasteiger partial charge is 1.00 e. The molecule has 0 amide bonds. The van der Waals surface area contributed by atoms with Crippen LogP contribution in [0, 0.1) is 0 Å². The third-order valence-corrected chi connectivity index (χ3v) is 1.66. The Bertz CT molecular complexity index is 310. The highest BCUT2D eigenvalue weighted by Gasteiger charge is 2.00. The van der Waals surface area contributed by atoms with E-state index in [1.807, 2.05) is 53.5 Å². The zero-order chi connectivity index (χ0) is 8.23. The summed E-state index contributed by atoms with van der Waals surface area (Å²) >= 11 is 0. The lowest BCUT2D eigenvalue weighted by Crippen LogP contribution is -3.00. The van der Waals surface area contributed by atoms with E-state index in [9.17, 15) is 0 Å². The molecule has 0 aliphatic heterocycles. The lowest BCUT2D eigenvalue weighted by molar-refractivity contribution is -0.596. The maximum atomic E-state index is 4.04. The van der Waals surface area contributed by atoms with Crippen LogP contribution in [0.5, 0.6) is 0 Å². The number of pyridine rings is 2. The number of hydrogen-bond acceptors (Lipinski definition) is 1. The van der Waals surface area contributed by atoms with Crippen molar-refractivity contribution in [3.05, 3.63) is 55.1 Å². The average molecular weight is 237 g/mol. The zero-order valence-corrected chi connectivity index (χ0v) is 8.55. The van der Waals surface area contributed by atoms with E-state index in [0.717, 1.165) is 5.69 Å². The van der Waals surface area contributed by atoms with Gasteiger partial charge in [0.2, 0.25) is 5.69 Å². The Morgan fingerprint density at radius 3 is 2.38 bits per heavy atom. The van der Waals surface area contributed by atoms with Crippen molar-refractivity contribution in [1.29, 1.82) is 0 Å². The minimum atomic E-state index is 0. The summed E-state index contributed by atoms with van der Waals surface area (Å²) in [5, 5.41) is 0. The van der Waals surface area contributed by atoms with Gasteiger partial charge in [-0.15, -0.1) is 0 Å². The standard InChI is InChI=1S/C10H9N2.BrH/c1-2-7-12(8-3-1)10-5-4-6-11-9-10;/h1-9H;1H/q+1;/p-1. The van der Waals surface area contributed by atoms with Gasteiger partial charge >= 0.3 is 0 Å². The van der Waals surface area contributed by atoms with E-state index in [0.29, 0.717) is 0 Å². The van der Waals surface area contributed by atoms with Gasteiger partial charge in [-0.2, -0.15) is 4.57 Å². The minimum absolute atomic E-state index is 0. The molecule has 3 heteroatoms. The third-order valence-electron chi connectivity index (χ3n) is 1.66. The summed E-state index contributed by atoms with van der Waals surface area (Å²) in [6.07, 6.45) is 7.60. The van der Waals surface area contributed by atoms with Crippen LogP contribution in [0.25, 0.3) is 5.69 Å². The van der Waals surface area contributed by atoms with Crippen LogP contribution in [0.15, 0.2) is 55.1 Å². The van der Waals surface area contributed by atoms with Gasteiger partial charge in [0, 0.05) is 24.4 Å². The van der Waals surface area contributed by atoms with Crippen molar-refractivity contribution in [1.82, 2.24) is 4.98 Å². The van der Waals surface area contributed by atoms with Crippen molar-refractivity contribution in [2.45, 2.75) is 0 Å². The Kier molecular flexibility index (Phi) is 3.58. The molecule has 66 valence electrons. The second-order valence-corrected chi connectivity index (χ2v) is 2.49. The smallest absolute Gasteiger partial charge is 0.229 e. The highest BCUT2D eigenvalue weighted by atomic mass is 79.9. The molecule has 2 rings (SSSR count). The van der Waals surface area contributed by atoms with Gasteiger partial charge in [-0.05, 0) is 6.07 Å². The van der Waals surface area contributed by atoms with E-state index in [2.05, 4.69) is 4.98 Å². The molecule has 2 aromatic rings. The molecule has 2 aromatic heterocycles. The first kappa shape index (κ1) is 9.86. The predicted molar refractivity (Wildman–Crippen MR) is 45.8 cm³/mol. The summed E-state index contributed by atoms with van der Waals surface area (Å²) in [5.41, 5.74) is 1.08. The fourth-order valence-electron chi connectivity index (χ4n) is 1.08. The van der Waals surface area contributed by atoms with Crippen molar-refractivity contribution in [3.8, 4) is 5.69 Å². The molecule has 0 N–H and O–H groups in total. The van der Waals surface area contributed by atoms with Crippen LogP contribution < -0.4 is 21.5 Å². The highest BCUT2D eigenvalue weighted by Crippen LogP contribution is 1.93. The van der Waals surface area contributed by atoms with Crippen LogP contribution in [0.2, 0.25) is 0 Å². The summed E-state index contributed by atoms with van der Waals surface area (Å²) in [6, 6.07) is 9.93. The molecule has 0 aromatic carbocycles. The van der Waals surface area contributed by atoms with Crippen LogP contribution in [0.4, 0.5) is 0 Å². The molecule has 2 heterocycles. The van der Waals surface area contributed by atoms with Crippen LogP contribution >= 0.6 is 0 Å². The topological polar surface area (TPSA) is 16.8 Å². The molecular formula is C10H9BrN2. The molecule has 0 bridgehead atoms. The second-order valence-electron chi connectivity index (χ2n) is 2.49. The van der Waals surface area contributed by atoms with Crippen molar-refractivity contribution in [3.63, 3.8) is 0 Å². The van der Waals surface area contributed by atoms with Crippen molar-refractivity contribution >= 4 is 0 Å². The SMILES string of the molecule is [Br-].c1cc[n+](-c2cccnc2)cc1. The molecule has 0 fully saturated rings. The number of rotatable bonds is 1. The molecule has 0 saturated heterocycles. The van der Waals surface area contributed by atoms with Crippen LogP contribution in [-0.4, -0.2) is 4.98 Å². The Balaban J connectivity index is 0.000000845. The van der Waals surface area contributed by atoms with E-state index >= 15 is 0 Å². The van der Waals surface area contributed by atoms with Gasteiger partial charge in [-0.25, -0.2) is 0 Å². The molecule has 2 nitrogen and oxygen atoms in total. The van der Waals surface area contributed by atoms with E-state index in [1.54, 1.807) is 6.20 Å². The normalized spacial score (nSPS) is 8.92. The van der Waals surface area contributed by atoms with Crippen LogP contribution in [0.3, 0.4) is 0 Å². The maximum Gasteiger partial charge on any atom is 0.229 e. The van der Waals surface area contributed by atoms with Gasteiger partial charge in [-0.1, -0.05) is 6.07 Å². The maximum absolute atomic E-state index is 4.04. The van der Waals surface area contributed by atoms with Crippen molar-refractivity contribution in [2.24, 2.45) is 0 Å². The summed E-state index contributed by atoms with van der Waals surface area (Å²) < 4.78 is 2.02. The first-order valence-electron chi connectivity index (χ1n) is 3.83. The molecule has 0 aliphatic carbocycles. The first-order valence-corrected chi connectivity index (χ1v) is 3.83. The number of halogens is 1. The van der Waals surface area contributed by atoms with E-state index in [1.165, 1.54) is 0 Å². The van der Waals surface area contributed by atoms with Gasteiger partial charge < -0.3 is 17.0 Å². The third kappa shape index (κ3) is 2.36. The van der Waals surface area contributed by atoms with Crippen molar-refractivity contribution in [2.75, 3.05) is 0 Å². The summed E-state index contributed by atoms with van der Waals surface area (Å²) in [6.45, 7) is 0. The quantitative estimate of drug-likeness (QED) is 0.544. The van der Waals surface area contributed by atoms with Gasteiger partial charge in [0.05, 0.1) is 6.20 Å². The van der Waals surface area contributed by atoms with Gasteiger partial charge in [0.25, 0.3) is 0 Å². The van der Waals surface area contributed by atoms with E-state index in [4.69, 9.17) is 0 Å². The number of nitrogens with zero attached hydrogens (tertiary/aromatic N) is 2. The fraction of sp³-hybridized carbons (Fsp3) is 0. The molecule has 13 heavy (non-hydrogen) atoms. The average Bonchev–Trinajstić information content (AvgIpc) is 2.21. The molecule has 0 atom stereocenters. The Hall–Kier alpha value is -1.22. The predicted octanol–water partition coefficient (Wildman–Crippen LogP) is -1.64. The first-order chi connectivity index (χ1) is 5.97.